The summed E-state index contributed by atoms with van der Waals surface area (Å²) in [6.07, 6.45) is -2.95. The summed E-state index contributed by atoms with van der Waals surface area (Å²) in [6, 6.07) is 0.899. The molecule has 0 bridgehead atoms. The number of nitrogens with zero attached hydrogens (tertiary/aromatic N) is 3. The van der Waals surface area contributed by atoms with Crippen LogP contribution in [-0.2, 0) is 11.0 Å². The number of amides is 1. The second kappa shape index (κ2) is 10.7. The first-order valence-electron chi connectivity index (χ1n) is 9.15. The molecule has 1 aliphatic heterocycles. The molecule has 170 valence electrons. The molecule has 0 spiro atoms. The van der Waals surface area contributed by atoms with Crippen molar-refractivity contribution >= 4 is 53.3 Å². The minimum Gasteiger partial charge on any atom is -0.359 e. The normalized spacial score (nSPS) is 17.4. The number of carbonyl (C=O) groups is 1. The number of aromatic nitrogens is 1. The van der Waals surface area contributed by atoms with Gasteiger partial charge in [0.05, 0.1) is 16.0 Å². The van der Waals surface area contributed by atoms with Gasteiger partial charge in [-0.15, -0.1) is 24.0 Å². The molecule has 12 heteroatoms. The van der Waals surface area contributed by atoms with Crippen LogP contribution in [0.5, 0.6) is 0 Å². The number of anilines is 1. The Balaban J connectivity index is 0.00000450. The summed E-state index contributed by atoms with van der Waals surface area (Å²) in [4.78, 5) is 21.8. The summed E-state index contributed by atoms with van der Waals surface area (Å²) < 4.78 is 38.3. The number of hydrogen-bond donors (Lipinski definition) is 3. The topological polar surface area (TPSA) is 81.6 Å². The lowest BCUT2D eigenvalue weighted by atomic mass is 9.92. The van der Waals surface area contributed by atoms with Gasteiger partial charge in [-0.25, -0.2) is 4.98 Å². The summed E-state index contributed by atoms with van der Waals surface area (Å²) in [5, 5.41) is 8.99. The first-order chi connectivity index (χ1) is 13.5. The zero-order chi connectivity index (χ0) is 21.8. The van der Waals surface area contributed by atoms with E-state index in [0.29, 0.717) is 31.4 Å². The van der Waals surface area contributed by atoms with E-state index in [4.69, 9.17) is 11.6 Å². The molecule has 0 aliphatic carbocycles. The van der Waals surface area contributed by atoms with Gasteiger partial charge in [-0.1, -0.05) is 11.6 Å². The van der Waals surface area contributed by atoms with Crippen molar-refractivity contribution < 1.29 is 18.0 Å². The third kappa shape index (κ3) is 6.76. The Kier molecular flexibility index (Phi) is 9.46. The van der Waals surface area contributed by atoms with Gasteiger partial charge in [0.25, 0.3) is 0 Å². The summed E-state index contributed by atoms with van der Waals surface area (Å²) in [7, 11) is 3.22. The molecule has 0 aromatic carbocycles. The van der Waals surface area contributed by atoms with Crippen molar-refractivity contribution in [2.24, 2.45) is 10.4 Å². The maximum atomic E-state index is 12.8. The average Bonchev–Trinajstić information content (AvgIpc) is 3.11. The third-order valence-electron chi connectivity index (χ3n) is 4.74. The molecule has 1 aromatic heterocycles. The van der Waals surface area contributed by atoms with Crippen LogP contribution in [0.15, 0.2) is 17.3 Å². The highest BCUT2D eigenvalue weighted by Crippen LogP contribution is 2.34. The standard InChI is InChI=1S/C18H26ClF3N6O.HI/c1-17(2,15(29)23-3)10-26-16(24-4)27-12-5-6-28(9-12)14-13(19)7-11(8-25-14)18(20,21)22;/h7-8,12H,5-6,9-10H2,1-4H3,(H,23,29)(H2,24,26,27);1H. The molecule has 3 N–H and O–H groups in total. The fourth-order valence-electron chi connectivity index (χ4n) is 3.00. The van der Waals surface area contributed by atoms with Crippen LogP contribution < -0.4 is 20.9 Å². The SMILES string of the molecule is CN=C(NCC(C)(C)C(=O)NC)NC1CCN(c2ncc(C(F)(F)F)cc2Cl)C1.I. The summed E-state index contributed by atoms with van der Waals surface area (Å²) in [6.45, 7) is 5.13. The highest BCUT2D eigenvalue weighted by molar-refractivity contribution is 14.0. The highest BCUT2D eigenvalue weighted by atomic mass is 127. The Labute approximate surface area is 196 Å². The highest BCUT2D eigenvalue weighted by Gasteiger charge is 2.33. The summed E-state index contributed by atoms with van der Waals surface area (Å²) in [5.41, 5.74) is -1.49. The number of halogens is 5. The lowest BCUT2D eigenvalue weighted by molar-refractivity contribution is -0.137. The van der Waals surface area contributed by atoms with Gasteiger partial charge >= 0.3 is 6.18 Å². The smallest absolute Gasteiger partial charge is 0.359 e. The van der Waals surface area contributed by atoms with Crippen molar-refractivity contribution in [3.8, 4) is 0 Å². The Morgan fingerprint density at radius 2 is 2.07 bits per heavy atom. The molecule has 1 aromatic rings. The second-order valence-electron chi connectivity index (χ2n) is 7.49. The largest absolute Gasteiger partial charge is 0.417 e. The molecule has 1 amide bonds. The van der Waals surface area contributed by atoms with Crippen molar-refractivity contribution in [2.45, 2.75) is 32.5 Å². The molecular formula is C18H27ClF3IN6O. The van der Waals surface area contributed by atoms with E-state index in [1.165, 1.54) is 0 Å². The van der Waals surface area contributed by atoms with E-state index in [1.54, 1.807) is 14.1 Å². The molecule has 2 rings (SSSR count). The van der Waals surface area contributed by atoms with Gasteiger partial charge in [-0.05, 0) is 26.3 Å². The van der Waals surface area contributed by atoms with Gasteiger partial charge in [0.1, 0.15) is 5.82 Å². The Hall–Kier alpha value is -1.50. The van der Waals surface area contributed by atoms with Gasteiger partial charge in [0.15, 0.2) is 5.96 Å². The van der Waals surface area contributed by atoms with Gasteiger partial charge in [-0.3, -0.25) is 9.79 Å². The van der Waals surface area contributed by atoms with Crippen LogP contribution >= 0.6 is 35.6 Å². The number of pyridine rings is 1. The molecule has 1 saturated heterocycles. The van der Waals surface area contributed by atoms with Gasteiger partial charge in [0, 0.05) is 46.0 Å². The first-order valence-corrected chi connectivity index (χ1v) is 9.53. The van der Waals surface area contributed by atoms with Crippen molar-refractivity contribution in [2.75, 3.05) is 38.6 Å². The minimum absolute atomic E-state index is 0. The molecular weight excluding hydrogens is 536 g/mol. The van der Waals surface area contributed by atoms with E-state index in [0.717, 1.165) is 18.7 Å². The van der Waals surface area contributed by atoms with Crippen molar-refractivity contribution in [3.63, 3.8) is 0 Å². The summed E-state index contributed by atoms with van der Waals surface area (Å²) >= 11 is 6.04. The van der Waals surface area contributed by atoms with Crippen molar-refractivity contribution in [1.82, 2.24) is 20.9 Å². The molecule has 0 radical (unpaired) electrons. The number of carbonyl (C=O) groups excluding carboxylic acids is 1. The molecule has 1 atom stereocenters. The maximum Gasteiger partial charge on any atom is 0.417 e. The van der Waals surface area contributed by atoms with E-state index < -0.39 is 17.2 Å². The number of guanidine groups is 1. The van der Waals surface area contributed by atoms with Crippen LogP contribution in [0, 0.1) is 5.41 Å². The number of aliphatic imine (C=N–C) groups is 1. The first kappa shape index (κ1) is 26.5. The lowest BCUT2D eigenvalue weighted by Crippen LogP contribution is -2.50. The van der Waals surface area contributed by atoms with E-state index in [2.05, 4.69) is 25.9 Å². The lowest BCUT2D eigenvalue weighted by Gasteiger charge is -2.25. The van der Waals surface area contributed by atoms with Crippen LogP contribution in [0.4, 0.5) is 19.0 Å². The number of alkyl halides is 3. The molecule has 1 aliphatic rings. The maximum absolute atomic E-state index is 12.8. The molecule has 30 heavy (non-hydrogen) atoms. The van der Waals surface area contributed by atoms with Gasteiger partial charge in [-0.2, -0.15) is 13.2 Å². The minimum atomic E-state index is -4.48. The van der Waals surface area contributed by atoms with Crippen LogP contribution in [0.3, 0.4) is 0 Å². The van der Waals surface area contributed by atoms with E-state index in [1.807, 2.05) is 18.7 Å². The summed E-state index contributed by atoms with van der Waals surface area (Å²) in [5.74, 6) is 0.781. The number of hydrogen-bond acceptors (Lipinski definition) is 4. The van der Waals surface area contributed by atoms with Gasteiger partial charge < -0.3 is 20.9 Å². The zero-order valence-corrected chi connectivity index (χ0v) is 20.3. The fourth-order valence-corrected chi connectivity index (χ4v) is 3.29. The quantitative estimate of drug-likeness (QED) is 0.292. The number of rotatable bonds is 5. The Bertz CT molecular complexity index is 775. The number of nitrogens with one attached hydrogen (secondary N) is 3. The van der Waals surface area contributed by atoms with Gasteiger partial charge in [0.2, 0.25) is 5.91 Å². The van der Waals surface area contributed by atoms with Crippen molar-refractivity contribution in [1.29, 1.82) is 0 Å². The van der Waals surface area contributed by atoms with Crippen LogP contribution in [0.25, 0.3) is 0 Å². The third-order valence-corrected chi connectivity index (χ3v) is 5.02. The molecule has 1 fully saturated rings. The molecule has 1 unspecified atom stereocenters. The van der Waals surface area contributed by atoms with Crippen LogP contribution in [0.1, 0.15) is 25.8 Å². The molecule has 0 saturated carbocycles. The van der Waals surface area contributed by atoms with E-state index >= 15 is 0 Å². The van der Waals surface area contributed by atoms with Crippen LogP contribution in [0.2, 0.25) is 5.02 Å². The molecule has 7 nitrogen and oxygen atoms in total. The van der Waals surface area contributed by atoms with Crippen molar-refractivity contribution in [3.05, 3.63) is 22.8 Å². The molecule has 2 heterocycles. The second-order valence-corrected chi connectivity index (χ2v) is 7.90. The fraction of sp³-hybridized carbons (Fsp3) is 0.611. The Morgan fingerprint density at radius 3 is 2.60 bits per heavy atom. The average molecular weight is 563 g/mol. The van der Waals surface area contributed by atoms with Crippen LogP contribution in [-0.4, -0.2) is 56.6 Å². The predicted octanol–water partition coefficient (Wildman–Crippen LogP) is 2.89. The predicted molar refractivity (Wildman–Crippen MR) is 123 cm³/mol. The Morgan fingerprint density at radius 1 is 1.40 bits per heavy atom. The van der Waals surface area contributed by atoms with E-state index in [9.17, 15) is 18.0 Å². The zero-order valence-electron chi connectivity index (χ0n) is 17.2. The monoisotopic (exact) mass is 562 g/mol. The van der Waals surface area contributed by atoms with E-state index in [-0.39, 0.29) is 40.9 Å².